The third-order valence-corrected chi connectivity index (χ3v) is 4.22. The highest BCUT2D eigenvalue weighted by atomic mass is 32.1. The Hall–Kier alpha value is -1.14. The number of H-pyrrole nitrogens is 1. The van der Waals surface area contributed by atoms with Gasteiger partial charge in [0.1, 0.15) is 5.52 Å². The molecule has 3 heterocycles. The Bertz CT molecular complexity index is 653. The molecule has 104 valence electrons. The van der Waals surface area contributed by atoms with Gasteiger partial charge in [0, 0.05) is 19.7 Å². The van der Waals surface area contributed by atoms with Crippen LogP contribution in [0.3, 0.4) is 0 Å². The molecular weight excluding hydrogens is 260 g/mol. The maximum Gasteiger partial charge on any atom is 0.179 e. The van der Waals surface area contributed by atoms with Crippen LogP contribution in [0.15, 0.2) is 0 Å². The molecule has 0 amide bonds. The molecule has 19 heavy (non-hydrogen) atoms. The van der Waals surface area contributed by atoms with Gasteiger partial charge in [-0.05, 0) is 38.4 Å². The number of nitrogens with one attached hydrogen (secondary N) is 1. The summed E-state index contributed by atoms with van der Waals surface area (Å²) in [6.45, 7) is 5.05. The minimum absolute atomic E-state index is 0.296. The van der Waals surface area contributed by atoms with E-state index in [9.17, 15) is 0 Å². The summed E-state index contributed by atoms with van der Waals surface area (Å²) in [5, 5.41) is 4.57. The number of imidazole rings is 1. The summed E-state index contributed by atoms with van der Waals surface area (Å²) in [6, 6.07) is 0.408. The van der Waals surface area contributed by atoms with Crippen LogP contribution in [0.5, 0.6) is 0 Å². The number of ether oxygens (including phenoxy) is 1. The molecule has 6 heteroatoms. The maximum atomic E-state index is 5.63. The van der Waals surface area contributed by atoms with Crippen LogP contribution in [0.2, 0.25) is 0 Å². The Morgan fingerprint density at radius 1 is 1.53 bits per heavy atom. The molecule has 1 fully saturated rings. The van der Waals surface area contributed by atoms with Gasteiger partial charge in [-0.2, -0.15) is 5.10 Å². The number of aromatic nitrogens is 4. The largest absolute Gasteiger partial charge is 0.378 e. The molecule has 3 rings (SSSR count). The third-order valence-electron chi connectivity index (χ3n) is 3.93. The van der Waals surface area contributed by atoms with Crippen molar-refractivity contribution < 1.29 is 4.74 Å². The Morgan fingerprint density at radius 3 is 3.00 bits per heavy atom. The van der Waals surface area contributed by atoms with Crippen LogP contribution in [0.1, 0.15) is 38.4 Å². The first-order chi connectivity index (χ1) is 9.11. The first kappa shape index (κ1) is 12.9. The van der Waals surface area contributed by atoms with E-state index in [4.69, 9.17) is 17.0 Å². The molecule has 2 aromatic rings. The van der Waals surface area contributed by atoms with Gasteiger partial charge in [-0.15, -0.1) is 0 Å². The molecule has 2 atom stereocenters. The van der Waals surface area contributed by atoms with Gasteiger partial charge >= 0.3 is 0 Å². The van der Waals surface area contributed by atoms with E-state index < -0.39 is 0 Å². The molecule has 1 saturated heterocycles. The first-order valence-corrected chi connectivity index (χ1v) is 7.30. The fourth-order valence-electron chi connectivity index (χ4n) is 3.03. The van der Waals surface area contributed by atoms with Crippen molar-refractivity contribution in [3.8, 4) is 0 Å². The van der Waals surface area contributed by atoms with Gasteiger partial charge in [-0.25, -0.2) is 0 Å². The van der Waals surface area contributed by atoms with Crippen LogP contribution in [0.4, 0.5) is 0 Å². The second-order valence-electron chi connectivity index (χ2n) is 5.28. The molecule has 2 unspecified atom stereocenters. The zero-order chi connectivity index (χ0) is 13.6. The topological polar surface area (TPSA) is 47.8 Å². The lowest BCUT2D eigenvalue weighted by molar-refractivity contribution is 0.00628. The maximum absolute atomic E-state index is 5.63. The molecule has 1 aliphatic heterocycles. The number of aryl methyl sites for hydroxylation is 2. The van der Waals surface area contributed by atoms with Gasteiger partial charge in [-0.1, -0.05) is 6.92 Å². The predicted molar refractivity (Wildman–Crippen MR) is 77.0 cm³/mol. The van der Waals surface area contributed by atoms with Gasteiger partial charge < -0.3 is 9.72 Å². The normalized spacial score (nSPS) is 24.2. The van der Waals surface area contributed by atoms with Crippen molar-refractivity contribution in [1.29, 1.82) is 0 Å². The van der Waals surface area contributed by atoms with Crippen LogP contribution >= 0.6 is 12.2 Å². The van der Waals surface area contributed by atoms with Gasteiger partial charge in [0.05, 0.1) is 11.8 Å². The summed E-state index contributed by atoms with van der Waals surface area (Å²) in [6.07, 6.45) is 3.23. The molecule has 0 spiro atoms. The zero-order valence-electron chi connectivity index (χ0n) is 11.6. The van der Waals surface area contributed by atoms with Crippen LogP contribution in [0.25, 0.3) is 11.2 Å². The summed E-state index contributed by atoms with van der Waals surface area (Å²) >= 11 is 5.52. The smallest absolute Gasteiger partial charge is 0.179 e. The standard InChI is InChI=1S/C13H20N4OS/c1-4-10-11-12(16(3)15-10)17(13(19)14-11)9-5-6-18-8(2)7-9/h8-9H,4-7H2,1-3H3,(H,14,19). The van der Waals surface area contributed by atoms with Crippen molar-refractivity contribution in [2.24, 2.45) is 7.05 Å². The summed E-state index contributed by atoms with van der Waals surface area (Å²) < 4.78 is 10.6. The minimum atomic E-state index is 0.296. The monoisotopic (exact) mass is 280 g/mol. The van der Waals surface area contributed by atoms with Gasteiger partial charge in [0.15, 0.2) is 10.4 Å². The zero-order valence-corrected chi connectivity index (χ0v) is 12.5. The molecule has 1 aliphatic rings. The van der Waals surface area contributed by atoms with E-state index in [-0.39, 0.29) is 0 Å². The predicted octanol–water partition coefficient (Wildman–Crippen LogP) is 2.73. The first-order valence-electron chi connectivity index (χ1n) is 6.89. The highest BCUT2D eigenvalue weighted by Crippen LogP contribution is 2.30. The Balaban J connectivity index is 2.15. The van der Waals surface area contributed by atoms with Crippen LogP contribution in [-0.4, -0.2) is 32.0 Å². The van der Waals surface area contributed by atoms with E-state index in [0.717, 1.165) is 47.5 Å². The second-order valence-corrected chi connectivity index (χ2v) is 5.67. The highest BCUT2D eigenvalue weighted by molar-refractivity contribution is 7.71. The average Bonchev–Trinajstić information content (AvgIpc) is 2.86. The molecule has 0 radical (unpaired) electrons. The summed E-state index contributed by atoms with van der Waals surface area (Å²) in [4.78, 5) is 3.33. The van der Waals surface area contributed by atoms with E-state index >= 15 is 0 Å². The summed E-state index contributed by atoms with van der Waals surface area (Å²) in [7, 11) is 1.99. The molecule has 2 aromatic heterocycles. The number of nitrogens with zero attached hydrogens (tertiary/aromatic N) is 3. The van der Waals surface area contributed by atoms with E-state index in [2.05, 4.69) is 28.5 Å². The number of rotatable bonds is 2. The van der Waals surface area contributed by atoms with Crippen molar-refractivity contribution in [2.75, 3.05) is 6.61 Å². The van der Waals surface area contributed by atoms with Gasteiger partial charge in [0.2, 0.25) is 0 Å². The van der Waals surface area contributed by atoms with E-state index in [1.165, 1.54) is 0 Å². The van der Waals surface area contributed by atoms with Crippen molar-refractivity contribution in [1.82, 2.24) is 19.3 Å². The fraction of sp³-hybridized carbons (Fsp3) is 0.692. The van der Waals surface area contributed by atoms with Gasteiger partial charge in [0.25, 0.3) is 0 Å². The SMILES string of the molecule is CCc1nn(C)c2c1[nH]c(=S)n2C1CCOC(C)C1. The average molecular weight is 280 g/mol. The van der Waals surface area contributed by atoms with Crippen LogP contribution in [0, 0.1) is 4.77 Å². The van der Waals surface area contributed by atoms with Crippen molar-refractivity contribution in [2.45, 2.75) is 45.3 Å². The molecule has 0 saturated carbocycles. The van der Waals surface area contributed by atoms with Gasteiger partial charge in [-0.3, -0.25) is 9.25 Å². The van der Waals surface area contributed by atoms with E-state index in [0.29, 0.717) is 12.1 Å². The molecule has 0 bridgehead atoms. The Kier molecular flexibility index (Phi) is 3.22. The lowest BCUT2D eigenvalue weighted by Crippen LogP contribution is -2.26. The Labute approximate surface area is 117 Å². The summed E-state index contributed by atoms with van der Waals surface area (Å²) in [5.74, 6) is 0. The molecule has 1 N–H and O–H groups in total. The quantitative estimate of drug-likeness (QED) is 0.860. The number of hydrogen-bond acceptors (Lipinski definition) is 3. The van der Waals surface area contributed by atoms with E-state index in [1.807, 2.05) is 11.7 Å². The van der Waals surface area contributed by atoms with Crippen molar-refractivity contribution in [3.63, 3.8) is 0 Å². The molecular formula is C13H20N4OS. The Morgan fingerprint density at radius 2 is 2.32 bits per heavy atom. The van der Waals surface area contributed by atoms with Crippen LogP contribution in [-0.2, 0) is 18.2 Å². The second kappa shape index (κ2) is 4.76. The highest BCUT2D eigenvalue weighted by Gasteiger charge is 2.25. The van der Waals surface area contributed by atoms with Crippen LogP contribution < -0.4 is 0 Å². The molecule has 0 aromatic carbocycles. The van der Waals surface area contributed by atoms with Crippen molar-refractivity contribution in [3.05, 3.63) is 10.5 Å². The lowest BCUT2D eigenvalue weighted by Gasteiger charge is -2.28. The number of aromatic amines is 1. The molecule has 5 nitrogen and oxygen atoms in total. The third kappa shape index (κ3) is 2.03. The van der Waals surface area contributed by atoms with Crippen molar-refractivity contribution >= 4 is 23.4 Å². The number of hydrogen-bond donors (Lipinski definition) is 1. The fourth-order valence-corrected chi connectivity index (χ4v) is 3.37. The summed E-state index contributed by atoms with van der Waals surface area (Å²) in [5.41, 5.74) is 3.29. The number of fused-ring (bicyclic) bond motifs is 1. The lowest BCUT2D eigenvalue weighted by atomic mass is 10.0. The van der Waals surface area contributed by atoms with E-state index in [1.54, 1.807) is 0 Å². The minimum Gasteiger partial charge on any atom is -0.378 e. The molecule has 0 aliphatic carbocycles.